The molecule has 0 saturated heterocycles. The Balaban J connectivity index is 2.18. The number of imide groups is 1. The molecular formula is C16H24N4O6. The summed E-state index contributed by atoms with van der Waals surface area (Å²) in [4.78, 5) is 57.4. The molecule has 144 valence electrons. The van der Waals surface area contributed by atoms with Crippen LogP contribution in [0.1, 0.15) is 38.5 Å². The molecule has 1 aliphatic rings. The molecule has 10 nitrogen and oxygen atoms in total. The number of nitrogens with zero attached hydrogens (tertiary/aromatic N) is 1. The van der Waals surface area contributed by atoms with E-state index in [1.807, 2.05) is 0 Å². The Hall–Kier alpha value is -2.91. The first-order valence-corrected chi connectivity index (χ1v) is 8.40. The van der Waals surface area contributed by atoms with Gasteiger partial charge < -0.3 is 21.5 Å². The SMILES string of the molecule is NC(=O)NCCCC(NC(=O)CCCCCN1C(=O)C=CC1=O)C(=O)O. The maximum absolute atomic E-state index is 11.8. The smallest absolute Gasteiger partial charge is 0.326 e. The molecule has 1 atom stereocenters. The number of carbonyl (C=O) groups excluding carboxylic acids is 4. The van der Waals surface area contributed by atoms with Crippen molar-refractivity contribution in [3.8, 4) is 0 Å². The zero-order valence-corrected chi connectivity index (χ0v) is 14.4. The van der Waals surface area contributed by atoms with Gasteiger partial charge >= 0.3 is 12.0 Å². The number of hydrogen-bond acceptors (Lipinski definition) is 5. The Bertz CT molecular complexity index is 571. The first kappa shape index (κ1) is 21.1. The van der Waals surface area contributed by atoms with Gasteiger partial charge in [0.05, 0.1) is 0 Å². The summed E-state index contributed by atoms with van der Waals surface area (Å²) < 4.78 is 0. The molecular weight excluding hydrogens is 344 g/mol. The predicted molar refractivity (Wildman–Crippen MR) is 90.7 cm³/mol. The molecule has 5 amide bonds. The number of carboxylic acids is 1. The first-order valence-electron chi connectivity index (χ1n) is 8.40. The van der Waals surface area contributed by atoms with Gasteiger partial charge in [-0.1, -0.05) is 6.42 Å². The summed E-state index contributed by atoms with van der Waals surface area (Å²) >= 11 is 0. The highest BCUT2D eigenvalue weighted by molar-refractivity contribution is 6.12. The van der Waals surface area contributed by atoms with E-state index in [0.717, 1.165) is 4.90 Å². The number of rotatable bonds is 12. The number of nitrogens with one attached hydrogen (secondary N) is 2. The number of carbonyl (C=O) groups is 5. The lowest BCUT2D eigenvalue weighted by molar-refractivity contribution is -0.142. The normalized spacial score (nSPS) is 14.4. The second-order valence-electron chi connectivity index (χ2n) is 5.86. The van der Waals surface area contributed by atoms with Crippen LogP contribution in [0.15, 0.2) is 12.2 Å². The van der Waals surface area contributed by atoms with Crippen LogP contribution in [-0.4, -0.2) is 58.9 Å². The Kier molecular flexibility index (Phi) is 8.82. The topological polar surface area (TPSA) is 159 Å². The van der Waals surface area contributed by atoms with Crippen molar-refractivity contribution in [2.45, 2.75) is 44.6 Å². The molecule has 1 unspecified atom stereocenters. The Morgan fingerprint density at radius 2 is 1.73 bits per heavy atom. The molecule has 1 heterocycles. The molecule has 0 spiro atoms. The molecule has 0 radical (unpaired) electrons. The van der Waals surface area contributed by atoms with Crippen LogP contribution in [0, 0.1) is 0 Å². The highest BCUT2D eigenvalue weighted by atomic mass is 16.4. The van der Waals surface area contributed by atoms with Gasteiger partial charge in [-0.25, -0.2) is 9.59 Å². The van der Waals surface area contributed by atoms with Crippen molar-refractivity contribution in [2.24, 2.45) is 5.73 Å². The van der Waals surface area contributed by atoms with E-state index < -0.39 is 18.0 Å². The summed E-state index contributed by atoms with van der Waals surface area (Å²) in [6.07, 6.45) is 4.87. The van der Waals surface area contributed by atoms with Crippen LogP contribution in [0.5, 0.6) is 0 Å². The van der Waals surface area contributed by atoms with Gasteiger partial charge in [0.1, 0.15) is 6.04 Å². The molecule has 0 aromatic rings. The summed E-state index contributed by atoms with van der Waals surface area (Å²) in [5.74, 6) is -2.18. The van der Waals surface area contributed by atoms with E-state index in [0.29, 0.717) is 32.2 Å². The number of hydrogen-bond donors (Lipinski definition) is 4. The van der Waals surface area contributed by atoms with Gasteiger partial charge in [-0.3, -0.25) is 19.3 Å². The van der Waals surface area contributed by atoms with E-state index in [-0.39, 0.29) is 37.1 Å². The zero-order chi connectivity index (χ0) is 19.5. The molecule has 0 aromatic carbocycles. The van der Waals surface area contributed by atoms with Gasteiger partial charge in [-0.2, -0.15) is 0 Å². The maximum Gasteiger partial charge on any atom is 0.326 e. The van der Waals surface area contributed by atoms with E-state index in [4.69, 9.17) is 10.8 Å². The third kappa shape index (κ3) is 7.77. The Labute approximate surface area is 150 Å². The summed E-state index contributed by atoms with van der Waals surface area (Å²) in [5, 5.41) is 13.9. The number of urea groups is 1. The minimum absolute atomic E-state index is 0.156. The van der Waals surface area contributed by atoms with E-state index in [9.17, 15) is 24.0 Å². The number of aliphatic carboxylic acids is 1. The minimum Gasteiger partial charge on any atom is -0.480 e. The summed E-state index contributed by atoms with van der Waals surface area (Å²) in [6, 6.07) is -1.71. The van der Waals surface area contributed by atoms with E-state index in [1.54, 1.807) is 0 Å². The fourth-order valence-corrected chi connectivity index (χ4v) is 2.43. The highest BCUT2D eigenvalue weighted by Crippen LogP contribution is 2.08. The van der Waals surface area contributed by atoms with Crippen molar-refractivity contribution in [3.63, 3.8) is 0 Å². The van der Waals surface area contributed by atoms with Gasteiger partial charge in [-0.05, 0) is 25.7 Å². The minimum atomic E-state index is -1.14. The summed E-state index contributed by atoms with van der Waals surface area (Å²) in [5.41, 5.74) is 4.90. The van der Waals surface area contributed by atoms with Crippen LogP contribution >= 0.6 is 0 Å². The number of unbranched alkanes of at least 4 members (excludes halogenated alkanes) is 2. The van der Waals surface area contributed by atoms with Gasteiger partial charge in [0, 0.05) is 31.7 Å². The third-order valence-corrected chi connectivity index (χ3v) is 3.79. The second-order valence-corrected chi connectivity index (χ2v) is 5.86. The zero-order valence-electron chi connectivity index (χ0n) is 14.4. The number of primary amides is 1. The van der Waals surface area contributed by atoms with Gasteiger partial charge in [0.25, 0.3) is 11.8 Å². The third-order valence-electron chi connectivity index (χ3n) is 3.79. The van der Waals surface area contributed by atoms with Crippen molar-refractivity contribution in [1.82, 2.24) is 15.5 Å². The number of amides is 5. The van der Waals surface area contributed by atoms with Crippen LogP contribution in [0.3, 0.4) is 0 Å². The van der Waals surface area contributed by atoms with Gasteiger partial charge in [0.2, 0.25) is 5.91 Å². The van der Waals surface area contributed by atoms with E-state index >= 15 is 0 Å². The quantitative estimate of drug-likeness (QED) is 0.268. The molecule has 10 heteroatoms. The largest absolute Gasteiger partial charge is 0.480 e. The molecule has 1 aliphatic heterocycles. The number of nitrogens with two attached hydrogens (primary N) is 1. The lowest BCUT2D eigenvalue weighted by Gasteiger charge is -2.15. The van der Waals surface area contributed by atoms with Crippen LogP contribution < -0.4 is 16.4 Å². The van der Waals surface area contributed by atoms with Crippen molar-refractivity contribution >= 4 is 29.7 Å². The average molecular weight is 368 g/mol. The fourth-order valence-electron chi connectivity index (χ4n) is 2.43. The second kappa shape index (κ2) is 10.9. The lowest BCUT2D eigenvalue weighted by atomic mass is 10.1. The van der Waals surface area contributed by atoms with Crippen LogP contribution in [0.25, 0.3) is 0 Å². The van der Waals surface area contributed by atoms with E-state index in [1.165, 1.54) is 12.2 Å². The maximum atomic E-state index is 11.8. The average Bonchev–Trinajstić information content (AvgIpc) is 2.88. The monoisotopic (exact) mass is 368 g/mol. The molecule has 0 aliphatic carbocycles. The van der Waals surface area contributed by atoms with Gasteiger partial charge in [-0.15, -0.1) is 0 Å². The Morgan fingerprint density at radius 1 is 1.08 bits per heavy atom. The van der Waals surface area contributed by atoms with Gasteiger partial charge in [0.15, 0.2) is 0 Å². The van der Waals surface area contributed by atoms with Crippen molar-refractivity contribution in [2.75, 3.05) is 13.1 Å². The van der Waals surface area contributed by atoms with Crippen molar-refractivity contribution < 1.29 is 29.1 Å². The number of carboxylic acid groups (broad SMARTS) is 1. The standard InChI is InChI=1S/C16H24N4O6/c17-16(26)18-9-4-5-11(15(24)25)19-12(21)6-2-1-3-10-20-13(22)7-8-14(20)23/h7-8,11H,1-6,9-10H2,(H,19,21)(H,24,25)(H3,17,18,26). The summed E-state index contributed by atoms with van der Waals surface area (Å²) in [6.45, 7) is 0.536. The fraction of sp³-hybridized carbons (Fsp3) is 0.562. The van der Waals surface area contributed by atoms with Crippen molar-refractivity contribution in [1.29, 1.82) is 0 Å². The Morgan fingerprint density at radius 3 is 2.31 bits per heavy atom. The van der Waals surface area contributed by atoms with Crippen LogP contribution in [-0.2, 0) is 19.2 Å². The lowest BCUT2D eigenvalue weighted by Crippen LogP contribution is -2.41. The van der Waals surface area contributed by atoms with Crippen molar-refractivity contribution in [3.05, 3.63) is 12.2 Å². The molecule has 0 bridgehead atoms. The van der Waals surface area contributed by atoms with Crippen LogP contribution in [0.2, 0.25) is 0 Å². The highest BCUT2D eigenvalue weighted by Gasteiger charge is 2.22. The molecule has 26 heavy (non-hydrogen) atoms. The first-order chi connectivity index (χ1) is 12.3. The molecule has 1 rings (SSSR count). The van der Waals surface area contributed by atoms with E-state index in [2.05, 4.69) is 10.6 Å². The molecule has 0 saturated carbocycles. The molecule has 0 fully saturated rings. The predicted octanol–water partition coefficient (Wildman–Crippen LogP) is -0.510. The molecule has 0 aromatic heterocycles. The molecule has 5 N–H and O–H groups in total. The summed E-state index contributed by atoms with van der Waals surface area (Å²) in [7, 11) is 0. The van der Waals surface area contributed by atoms with Crippen LogP contribution in [0.4, 0.5) is 4.79 Å².